The first kappa shape index (κ1) is 13.3. The monoisotopic (exact) mass is 268 g/mol. The summed E-state index contributed by atoms with van der Waals surface area (Å²) in [5.41, 5.74) is 0.248. The maximum atomic E-state index is 12.5. The Hall–Kier alpha value is -2.11. The van der Waals surface area contributed by atoms with Gasteiger partial charge in [0.1, 0.15) is 5.82 Å². The van der Waals surface area contributed by atoms with E-state index in [4.69, 9.17) is 0 Å². The van der Waals surface area contributed by atoms with Gasteiger partial charge >= 0.3 is 6.18 Å². The molecule has 0 saturated heterocycles. The highest BCUT2D eigenvalue weighted by atomic mass is 19.4. The molecule has 0 aliphatic rings. The third kappa shape index (κ3) is 2.67. The molecule has 2 aromatic rings. The van der Waals surface area contributed by atoms with Crippen LogP contribution < -0.4 is 5.56 Å². The minimum absolute atomic E-state index is 0.289. The van der Waals surface area contributed by atoms with Crippen LogP contribution in [0.4, 0.5) is 13.2 Å². The predicted molar refractivity (Wildman–Crippen MR) is 64.8 cm³/mol. The van der Waals surface area contributed by atoms with Crippen LogP contribution in [0.25, 0.3) is 11.3 Å². The van der Waals surface area contributed by atoms with E-state index in [0.717, 1.165) is 12.1 Å². The molecule has 0 unspecified atom stereocenters. The molecular weight excluding hydrogens is 257 g/mol. The number of aryl methyl sites for hydroxylation is 1. The molecule has 3 nitrogen and oxygen atoms in total. The number of halogens is 3. The van der Waals surface area contributed by atoms with E-state index in [1.165, 1.54) is 12.1 Å². The van der Waals surface area contributed by atoms with Gasteiger partial charge in [-0.05, 0) is 26.0 Å². The molecule has 1 N–H and O–H groups in total. The van der Waals surface area contributed by atoms with Crippen LogP contribution in [0.3, 0.4) is 0 Å². The van der Waals surface area contributed by atoms with Gasteiger partial charge in [0.25, 0.3) is 5.56 Å². The van der Waals surface area contributed by atoms with E-state index >= 15 is 0 Å². The fourth-order valence-corrected chi connectivity index (χ4v) is 1.74. The van der Waals surface area contributed by atoms with Gasteiger partial charge in [0.05, 0.1) is 11.3 Å². The summed E-state index contributed by atoms with van der Waals surface area (Å²) >= 11 is 0. The lowest BCUT2D eigenvalue weighted by atomic mass is 10.1. The summed E-state index contributed by atoms with van der Waals surface area (Å²) < 4.78 is 37.4. The summed E-state index contributed by atoms with van der Waals surface area (Å²) in [6, 6.07) is 4.59. The van der Waals surface area contributed by atoms with Crippen molar-refractivity contribution < 1.29 is 13.2 Å². The van der Waals surface area contributed by atoms with E-state index in [9.17, 15) is 18.0 Å². The van der Waals surface area contributed by atoms with Crippen LogP contribution in [0, 0.1) is 13.8 Å². The zero-order chi connectivity index (χ0) is 14.2. The minimum Gasteiger partial charge on any atom is -0.311 e. The average Bonchev–Trinajstić information content (AvgIpc) is 2.33. The maximum absolute atomic E-state index is 12.5. The number of aromatic amines is 1. The number of rotatable bonds is 1. The highest BCUT2D eigenvalue weighted by Gasteiger charge is 2.30. The number of H-pyrrole nitrogens is 1. The summed E-state index contributed by atoms with van der Waals surface area (Å²) in [5, 5.41) is 0. The fourth-order valence-electron chi connectivity index (χ4n) is 1.74. The summed E-state index contributed by atoms with van der Waals surface area (Å²) in [6.45, 7) is 3.20. The zero-order valence-electron chi connectivity index (χ0n) is 10.3. The second kappa shape index (κ2) is 4.53. The van der Waals surface area contributed by atoms with Crippen LogP contribution in [0.5, 0.6) is 0 Å². The Morgan fingerprint density at radius 2 is 1.68 bits per heavy atom. The van der Waals surface area contributed by atoms with Crippen molar-refractivity contribution in [2.24, 2.45) is 0 Å². The molecule has 1 aromatic heterocycles. The van der Waals surface area contributed by atoms with Gasteiger partial charge in [-0.15, -0.1) is 0 Å². The fraction of sp³-hybridized carbons (Fsp3) is 0.231. The van der Waals surface area contributed by atoms with Crippen LogP contribution in [-0.4, -0.2) is 9.97 Å². The Balaban J connectivity index is 2.52. The van der Waals surface area contributed by atoms with Crippen molar-refractivity contribution in [3.05, 3.63) is 51.6 Å². The topological polar surface area (TPSA) is 45.8 Å². The number of nitrogens with zero attached hydrogens (tertiary/aromatic N) is 1. The van der Waals surface area contributed by atoms with Crippen molar-refractivity contribution in [3.63, 3.8) is 0 Å². The quantitative estimate of drug-likeness (QED) is 0.863. The van der Waals surface area contributed by atoms with Crippen molar-refractivity contribution in [1.82, 2.24) is 9.97 Å². The minimum atomic E-state index is -4.37. The summed E-state index contributed by atoms with van der Waals surface area (Å²) in [5.74, 6) is 0.422. The van der Waals surface area contributed by atoms with Crippen molar-refractivity contribution in [2.45, 2.75) is 20.0 Å². The third-order valence-electron chi connectivity index (χ3n) is 2.76. The molecule has 19 heavy (non-hydrogen) atoms. The van der Waals surface area contributed by atoms with Gasteiger partial charge in [-0.2, -0.15) is 13.2 Å². The second-order valence-electron chi connectivity index (χ2n) is 4.20. The van der Waals surface area contributed by atoms with E-state index in [1.807, 2.05) is 0 Å². The molecule has 0 atom stereocenters. The van der Waals surface area contributed by atoms with Crippen molar-refractivity contribution in [3.8, 4) is 11.3 Å². The molecule has 0 fully saturated rings. The van der Waals surface area contributed by atoms with Gasteiger partial charge in [0, 0.05) is 11.1 Å². The van der Waals surface area contributed by atoms with Crippen LogP contribution in [0.1, 0.15) is 17.0 Å². The van der Waals surface area contributed by atoms with Crippen LogP contribution in [0.2, 0.25) is 0 Å². The summed E-state index contributed by atoms with van der Waals surface area (Å²) in [4.78, 5) is 18.3. The molecule has 0 aliphatic carbocycles. The molecule has 0 saturated carbocycles. The highest BCUT2D eigenvalue weighted by Crippen LogP contribution is 2.30. The second-order valence-corrected chi connectivity index (χ2v) is 4.20. The lowest BCUT2D eigenvalue weighted by Gasteiger charge is -2.09. The van der Waals surface area contributed by atoms with Crippen molar-refractivity contribution in [1.29, 1.82) is 0 Å². The number of benzene rings is 1. The summed E-state index contributed by atoms with van der Waals surface area (Å²) in [7, 11) is 0. The molecule has 0 spiro atoms. The predicted octanol–water partition coefficient (Wildman–Crippen LogP) is 3.07. The molecule has 6 heteroatoms. The van der Waals surface area contributed by atoms with Crippen LogP contribution >= 0.6 is 0 Å². The lowest BCUT2D eigenvalue weighted by molar-refractivity contribution is -0.137. The van der Waals surface area contributed by atoms with E-state index in [1.54, 1.807) is 13.8 Å². The number of alkyl halides is 3. The van der Waals surface area contributed by atoms with Crippen molar-refractivity contribution in [2.75, 3.05) is 0 Å². The summed E-state index contributed by atoms with van der Waals surface area (Å²) in [6.07, 6.45) is -4.37. The zero-order valence-corrected chi connectivity index (χ0v) is 10.3. The average molecular weight is 268 g/mol. The van der Waals surface area contributed by atoms with Crippen LogP contribution in [-0.2, 0) is 6.18 Å². The van der Waals surface area contributed by atoms with Gasteiger partial charge in [-0.1, -0.05) is 12.1 Å². The highest BCUT2D eigenvalue weighted by molar-refractivity contribution is 5.62. The maximum Gasteiger partial charge on any atom is 0.416 e. The molecule has 1 heterocycles. The molecule has 0 aliphatic heterocycles. The first-order chi connectivity index (χ1) is 8.79. The molecule has 2 rings (SSSR count). The molecule has 0 amide bonds. The molecule has 1 aromatic carbocycles. The molecule has 0 bridgehead atoms. The standard InChI is InChI=1S/C13H11F3N2O/c1-7-11(17-8(2)18-12(7)19)9-3-5-10(6-4-9)13(14,15)16/h3-6H,1-2H3,(H,17,18,19). The van der Waals surface area contributed by atoms with E-state index in [0.29, 0.717) is 22.6 Å². The number of hydrogen-bond acceptors (Lipinski definition) is 2. The smallest absolute Gasteiger partial charge is 0.311 e. The lowest BCUT2D eigenvalue weighted by Crippen LogP contribution is -2.14. The Morgan fingerprint density at radius 1 is 1.11 bits per heavy atom. The van der Waals surface area contributed by atoms with E-state index in [2.05, 4.69) is 9.97 Å². The Morgan fingerprint density at radius 3 is 2.21 bits per heavy atom. The SMILES string of the molecule is Cc1nc(-c2ccc(C(F)(F)F)cc2)c(C)c(=O)[nH]1. The first-order valence-corrected chi connectivity index (χ1v) is 5.54. The Kier molecular flexibility index (Phi) is 3.18. The number of aromatic nitrogens is 2. The van der Waals surface area contributed by atoms with Gasteiger partial charge < -0.3 is 4.98 Å². The number of hydrogen-bond donors (Lipinski definition) is 1. The van der Waals surface area contributed by atoms with Gasteiger partial charge in [-0.25, -0.2) is 4.98 Å². The van der Waals surface area contributed by atoms with Crippen LogP contribution in [0.15, 0.2) is 29.1 Å². The molecular formula is C13H11F3N2O. The normalized spacial score (nSPS) is 11.6. The third-order valence-corrected chi connectivity index (χ3v) is 2.76. The largest absolute Gasteiger partial charge is 0.416 e. The van der Waals surface area contributed by atoms with E-state index in [-0.39, 0.29) is 5.56 Å². The van der Waals surface area contributed by atoms with Crippen molar-refractivity contribution >= 4 is 0 Å². The molecule has 0 radical (unpaired) electrons. The Labute approximate surface area is 107 Å². The molecule has 100 valence electrons. The first-order valence-electron chi connectivity index (χ1n) is 5.54. The number of nitrogens with one attached hydrogen (secondary N) is 1. The van der Waals surface area contributed by atoms with Gasteiger partial charge in [-0.3, -0.25) is 4.79 Å². The van der Waals surface area contributed by atoms with E-state index < -0.39 is 11.7 Å². The van der Waals surface area contributed by atoms with Gasteiger partial charge in [0.2, 0.25) is 0 Å². The van der Waals surface area contributed by atoms with Gasteiger partial charge in [0.15, 0.2) is 0 Å². The Bertz CT molecular complexity index is 657.